The van der Waals surface area contributed by atoms with Crippen molar-refractivity contribution in [1.82, 2.24) is 9.88 Å². The number of nitrogens with zero attached hydrogens (tertiary/aromatic N) is 2. The number of halogens is 1. The zero-order chi connectivity index (χ0) is 22.0. The number of hydrogen-bond acceptors (Lipinski definition) is 6. The number of amides is 1. The quantitative estimate of drug-likeness (QED) is 0.481. The molecule has 0 spiro atoms. The molecule has 0 aliphatic carbocycles. The number of carboxylic acid groups (broad SMARTS) is 2. The highest BCUT2D eigenvalue weighted by Gasteiger charge is 2.30. The van der Waals surface area contributed by atoms with E-state index in [2.05, 4.69) is 10.7 Å². The van der Waals surface area contributed by atoms with Crippen LogP contribution in [-0.2, 0) is 14.4 Å². The molecule has 0 saturated carbocycles. The zero-order valence-electron chi connectivity index (χ0n) is 16.4. The molecule has 0 aromatic carbocycles. The molecule has 1 fully saturated rings. The highest BCUT2D eigenvalue weighted by atomic mass is 35.5. The average molecular weight is 444 g/mol. The number of rotatable bonds is 6. The van der Waals surface area contributed by atoms with Crippen molar-refractivity contribution in [3.05, 3.63) is 35.5 Å². The van der Waals surface area contributed by atoms with Crippen LogP contribution in [0.4, 0.5) is 0 Å². The molecule has 1 aromatic heterocycles. The topological polar surface area (TPSA) is 138 Å². The second kappa shape index (κ2) is 12.5. The number of likely N-dealkylation sites (tertiary alicyclic amines) is 1. The number of carbonyl (C=O) groups excluding carboxylic acids is 2. The van der Waals surface area contributed by atoms with Gasteiger partial charge in [-0.05, 0) is 31.1 Å². The zero-order valence-corrected chi connectivity index (χ0v) is 18.0. The number of carboxylic acids is 2. The molecule has 1 aromatic rings. The molecule has 1 amide bonds. The SMILES string of the molecule is CC(C)[C@H]([NH3+])C(=O)N1CCC(Sc2cccc(Cl)n2)CC1.O=C([O-])/C=C\C(=O)O. The van der Waals surface area contributed by atoms with Crippen LogP contribution in [0.5, 0.6) is 0 Å². The van der Waals surface area contributed by atoms with E-state index in [1.165, 1.54) is 0 Å². The molecule has 160 valence electrons. The van der Waals surface area contributed by atoms with E-state index in [9.17, 15) is 19.5 Å². The minimum Gasteiger partial charge on any atom is -0.545 e. The summed E-state index contributed by atoms with van der Waals surface area (Å²) in [6, 6.07) is 5.56. The minimum absolute atomic E-state index is 0.135. The Balaban J connectivity index is 0.000000447. The van der Waals surface area contributed by atoms with Gasteiger partial charge in [0.25, 0.3) is 5.91 Å². The molecule has 1 atom stereocenters. The number of pyridine rings is 1. The standard InChI is InChI=1S/C15H22ClN3OS.C4H4O4/c1-10(2)14(17)15(20)19-8-6-11(7-9-19)21-13-5-3-4-12(16)18-13;5-3(6)1-2-4(7)8/h3-5,10-11,14H,6-9,17H2,1-2H3;1-2H,(H,5,6)(H,7,8)/b;2-1-/t14-;/m0./s1. The van der Waals surface area contributed by atoms with Gasteiger partial charge in [0.05, 0.1) is 11.0 Å². The Hall–Kier alpha value is -2.10. The van der Waals surface area contributed by atoms with Gasteiger partial charge < -0.3 is 25.6 Å². The molecule has 0 radical (unpaired) electrons. The van der Waals surface area contributed by atoms with Crippen LogP contribution in [0, 0.1) is 5.92 Å². The summed E-state index contributed by atoms with van der Waals surface area (Å²) >= 11 is 7.67. The van der Waals surface area contributed by atoms with Gasteiger partial charge in [-0.3, -0.25) is 4.79 Å². The smallest absolute Gasteiger partial charge is 0.328 e. The maximum Gasteiger partial charge on any atom is 0.328 e. The van der Waals surface area contributed by atoms with Gasteiger partial charge in [0, 0.05) is 30.3 Å². The van der Waals surface area contributed by atoms with Crippen molar-refractivity contribution < 1.29 is 30.3 Å². The molecule has 2 rings (SSSR count). The normalized spacial score (nSPS) is 15.7. The van der Waals surface area contributed by atoms with E-state index in [4.69, 9.17) is 16.7 Å². The molecular weight excluding hydrogens is 418 g/mol. The number of thioether (sulfide) groups is 1. The summed E-state index contributed by atoms with van der Waals surface area (Å²) in [5, 5.41) is 19.2. The number of hydrogen-bond donors (Lipinski definition) is 2. The van der Waals surface area contributed by atoms with Crippen LogP contribution in [0.3, 0.4) is 0 Å². The molecule has 10 heteroatoms. The lowest BCUT2D eigenvalue weighted by Gasteiger charge is -2.32. The molecule has 1 saturated heterocycles. The van der Waals surface area contributed by atoms with Crippen LogP contribution in [0.15, 0.2) is 35.4 Å². The van der Waals surface area contributed by atoms with Gasteiger partial charge in [-0.1, -0.05) is 31.5 Å². The van der Waals surface area contributed by atoms with E-state index in [1.807, 2.05) is 30.9 Å². The predicted molar refractivity (Wildman–Crippen MR) is 108 cm³/mol. The molecule has 0 bridgehead atoms. The monoisotopic (exact) mass is 443 g/mol. The Kier molecular flexibility index (Phi) is 10.7. The number of piperidine rings is 1. The largest absolute Gasteiger partial charge is 0.545 e. The van der Waals surface area contributed by atoms with Gasteiger partial charge >= 0.3 is 5.97 Å². The molecular formula is C19H26ClN3O5S. The number of carbonyl (C=O) groups is 3. The first kappa shape index (κ1) is 24.9. The first-order valence-corrected chi connectivity index (χ1v) is 10.4. The van der Waals surface area contributed by atoms with Crippen molar-refractivity contribution in [2.75, 3.05) is 13.1 Å². The highest BCUT2D eigenvalue weighted by molar-refractivity contribution is 7.99. The van der Waals surface area contributed by atoms with Crippen LogP contribution in [0.25, 0.3) is 0 Å². The van der Waals surface area contributed by atoms with E-state index >= 15 is 0 Å². The first-order chi connectivity index (χ1) is 13.6. The fraction of sp³-hybridized carbons (Fsp3) is 0.474. The Morgan fingerprint density at radius 3 is 2.38 bits per heavy atom. The third-order valence-electron chi connectivity index (χ3n) is 4.21. The third kappa shape index (κ3) is 9.78. The van der Waals surface area contributed by atoms with Gasteiger partial charge in [-0.25, -0.2) is 9.78 Å². The lowest BCUT2D eigenvalue weighted by Crippen LogP contribution is -2.70. The summed E-state index contributed by atoms with van der Waals surface area (Å²) < 4.78 is 0. The molecule has 0 unspecified atom stereocenters. The Morgan fingerprint density at radius 2 is 1.93 bits per heavy atom. The Morgan fingerprint density at radius 1 is 1.31 bits per heavy atom. The second-order valence-corrected chi connectivity index (χ2v) is 8.49. The molecule has 8 nitrogen and oxygen atoms in total. The number of quaternary nitrogens is 1. The van der Waals surface area contributed by atoms with Crippen molar-refractivity contribution >= 4 is 41.2 Å². The van der Waals surface area contributed by atoms with Crippen molar-refractivity contribution in [2.24, 2.45) is 5.92 Å². The third-order valence-corrected chi connectivity index (χ3v) is 5.70. The lowest BCUT2D eigenvalue weighted by molar-refractivity contribution is -0.416. The summed E-state index contributed by atoms with van der Waals surface area (Å²) in [4.78, 5) is 37.5. The highest BCUT2D eigenvalue weighted by Crippen LogP contribution is 2.30. The van der Waals surface area contributed by atoms with E-state index in [-0.39, 0.29) is 11.9 Å². The van der Waals surface area contributed by atoms with E-state index in [1.54, 1.807) is 17.8 Å². The lowest BCUT2D eigenvalue weighted by atomic mass is 10.0. The predicted octanol–water partition coefficient (Wildman–Crippen LogP) is 0.462. The van der Waals surface area contributed by atoms with E-state index in [0.717, 1.165) is 31.0 Å². The van der Waals surface area contributed by atoms with E-state index in [0.29, 0.717) is 28.5 Å². The summed E-state index contributed by atoms with van der Waals surface area (Å²) in [5.74, 6) is -2.32. The molecule has 1 aliphatic rings. The molecule has 2 heterocycles. The van der Waals surface area contributed by atoms with Crippen molar-refractivity contribution in [3.8, 4) is 0 Å². The van der Waals surface area contributed by atoms with Crippen LogP contribution in [-0.4, -0.2) is 57.2 Å². The van der Waals surface area contributed by atoms with Gasteiger partial charge in [-0.2, -0.15) is 0 Å². The maximum absolute atomic E-state index is 12.3. The molecule has 4 N–H and O–H groups in total. The van der Waals surface area contributed by atoms with Crippen molar-refractivity contribution in [3.63, 3.8) is 0 Å². The first-order valence-electron chi connectivity index (χ1n) is 9.13. The van der Waals surface area contributed by atoms with Crippen LogP contribution in [0.2, 0.25) is 5.15 Å². The summed E-state index contributed by atoms with van der Waals surface area (Å²) in [6.07, 6.45) is 2.93. The summed E-state index contributed by atoms with van der Waals surface area (Å²) in [5.41, 5.74) is 3.99. The number of aromatic nitrogens is 1. The van der Waals surface area contributed by atoms with Gasteiger partial charge in [0.15, 0.2) is 6.04 Å². The number of aliphatic carboxylic acids is 2. The van der Waals surface area contributed by atoms with Gasteiger partial charge in [0.1, 0.15) is 5.15 Å². The summed E-state index contributed by atoms with van der Waals surface area (Å²) in [7, 11) is 0. The Bertz CT molecular complexity index is 720. The molecule has 1 aliphatic heterocycles. The minimum atomic E-state index is -1.51. The second-order valence-electron chi connectivity index (χ2n) is 6.78. The van der Waals surface area contributed by atoms with Crippen LogP contribution in [0.1, 0.15) is 26.7 Å². The molecule has 29 heavy (non-hydrogen) atoms. The van der Waals surface area contributed by atoms with Crippen LogP contribution >= 0.6 is 23.4 Å². The fourth-order valence-electron chi connectivity index (χ4n) is 2.48. The van der Waals surface area contributed by atoms with Crippen molar-refractivity contribution in [2.45, 2.75) is 43.0 Å². The van der Waals surface area contributed by atoms with Crippen molar-refractivity contribution in [1.29, 1.82) is 0 Å². The van der Waals surface area contributed by atoms with Crippen LogP contribution < -0.4 is 10.8 Å². The average Bonchev–Trinajstić information content (AvgIpc) is 2.66. The Labute approximate surface area is 179 Å². The van der Waals surface area contributed by atoms with Gasteiger partial charge in [0.2, 0.25) is 0 Å². The van der Waals surface area contributed by atoms with E-state index < -0.39 is 11.9 Å². The fourth-order valence-corrected chi connectivity index (χ4v) is 3.79. The summed E-state index contributed by atoms with van der Waals surface area (Å²) in [6.45, 7) is 5.72. The maximum atomic E-state index is 12.3. The van der Waals surface area contributed by atoms with Gasteiger partial charge in [-0.15, -0.1) is 11.8 Å².